The minimum Gasteiger partial charge on any atom is -0.497 e. The van der Waals surface area contributed by atoms with E-state index in [0.29, 0.717) is 6.42 Å². The Bertz CT molecular complexity index is 517. The zero-order chi connectivity index (χ0) is 13.1. The van der Waals surface area contributed by atoms with E-state index in [-0.39, 0.29) is 0 Å². The Morgan fingerprint density at radius 3 is 2.78 bits per heavy atom. The highest BCUT2D eigenvalue weighted by atomic mass is 79.9. The molecular weight excluding hydrogens is 312 g/mol. The van der Waals surface area contributed by atoms with E-state index in [1.54, 1.807) is 18.4 Å². The van der Waals surface area contributed by atoms with Gasteiger partial charge in [-0.15, -0.1) is 11.3 Å². The van der Waals surface area contributed by atoms with Gasteiger partial charge in [0.25, 0.3) is 0 Å². The van der Waals surface area contributed by atoms with Crippen LogP contribution in [0.25, 0.3) is 0 Å². The van der Waals surface area contributed by atoms with Gasteiger partial charge in [-0.05, 0) is 46.6 Å². The summed E-state index contributed by atoms with van der Waals surface area (Å²) in [6, 6.07) is 9.79. The Hall–Kier alpha value is -0.840. The van der Waals surface area contributed by atoms with E-state index in [1.807, 2.05) is 37.3 Å². The van der Waals surface area contributed by atoms with Gasteiger partial charge in [0, 0.05) is 20.6 Å². The van der Waals surface area contributed by atoms with Crippen LogP contribution in [0.4, 0.5) is 0 Å². The van der Waals surface area contributed by atoms with E-state index in [2.05, 4.69) is 15.9 Å². The van der Waals surface area contributed by atoms with Crippen molar-refractivity contribution in [3.05, 3.63) is 50.1 Å². The third-order valence-electron chi connectivity index (χ3n) is 2.77. The molecule has 18 heavy (non-hydrogen) atoms. The maximum absolute atomic E-state index is 10.2. The summed E-state index contributed by atoms with van der Waals surface area (Å²) in [6.07, 6.45) is 0.135. The van der Waals surface area contributed by atoms with Gasteiger partial charge in [0.15, 0.2) is 0 Å². The first-order valence-corrected chi connectivity index (χ1v) is 7.28. The fourth-order valence-corrected chi connectivity index (χ4v) is 3.32. The molecule has 2 nitrogen and oxygen atoms in total. The molecular formula is C14H15BrO2S. The topological polar surface area (TPSA) is 29.5 Å². The number of aryl methyl sites for hydroxylation is 1. The zero-order valence-electron chi connectivity index (χ0n) is 10.3. The van der Waals surface area contributed by atoms with Crippen molar-refractivity contribution < 1.29 is 9.84 Å². The Kier molecular flexibility index (Phi) is 4.43. The lowest BCUT2D eigenvalue weighted by Gasteiger charge is -2.09. The third kappa shape index (κ3) is 3.13. The largest absolute Gasteiger partial charge is 0.497 e. The Labute approximate surface area is 119 Å². The molecule has 1 heterocycles. The molecule has 1 aromatic carbocycles. The molecule has 0 saturated carbocycles. The van der Waals surface area contributed by atoms with Gasteiger partial charge in [-0.3, -0.25) is 0 Å². The first-order chi connectivity index (χ1) is 8.60. The van der Waals surface area contributed by atoms with Gasteiger partial charge < -0.3 is 9.84 Å². The fraction of sp³-hybridized carbons (Fsp3) is 0.286. The smallest absolute Gasteiger partial charge is 0.119 e. The van der Waals surface area contributed by atoms with Gasteiger partial charge in [0.05, 0.1) is 13.2 Å². The predicted molar refractivity (Wildman–Crippen MR) is 78.4 cm³/mol. The second-order valence-corrected chi connectivity index (χ2v) is 6.27. The van der Waals surface area contributed by atoms with Crippen molar-refractivity contribution in [2.75, 3.05) is 7.11 Å². The van der Waals surface area contributed by atoms with Crippen LogP contribution in [0.1, 0.15) is 21.4 Å². The average molecular weight is 327 g/mol. The highest BCUT2D eigenvalue weighted by molar-refractivity contribution is 9.10. The number of rotatable bonds is 4. The van der Waals surface area contributed by atoms with E-state index in [9.17, 15) is 5.11 Å². The molecule has 0 aliphatic carbocycles. The van der Waals surface area contributed by atoms with Crippen LogP contribution in [0.3, 0.4) is 0 Å². The van der Waals surface area contributed by atoms with Crippen LogP contribution < -0.4 is 4.74 Å². The van der Waals surface area contributed by atoms with Crippen molar-refractivity contribution in [2.24, 2.45) is 0 Å². The summed E-state index contributed by atoms with van der Waals surface area (Å²) >= 11 is 5.10. The molecule has 0 aliphatic rings. The number of methoxy groups -OCH3 is 1. The number of ether oxygens (including phenoxy) is 1. The van der Waals surface area contributed by atoms with Crippen molar-refractivity contribution in [2.45, 2.75) is 19.4 Å². The maximum atomic E-state index is 10.2. The third-order valence-corrected chi connectivity index (χ3v) is 5.01. The molecule has 0 spiro atoms. The molecule has 96 valence electrons. The molecule has 0 aliphatic heterocycles. The van der Waals surface area contributed by atoms with E-state index in [1.165, 1.54) is 4.88 Å². The van der Waals surface area contributed by atoms with E-state index >= 15 is 0 Å². The van der Waals surface area contributed by atoms with Crippen LogP contribution in [0.15, 0.2) is 34.8 Å². The monoisotopic (exact) mass is 326 g/mol. The van der Waals surface area contributed by atoms with Crippen LogP contribution in [-0.2, 0) is 6.42 Å². The van der Waals surface area contributed by atoms with Gasteiger partial charge in [-0.25, -0.2) is 0 Å². The van der Waals surface area contributed by atoms with Crippen molar-refractivity contribution >= 4 is 27.3 Å². The maximum Gasteiger partial charge on any atom is 0.119 e. The second-order valence-electron chi connectivity index (χ2n) is 4.12. The summed E-state index contributed by atoms with van der Waals surface area (Å²) in [5.74, 6) is 0.822. The number of aliphatic hydroxyl groups excluding tert-OH is 1. The first kappa shape index (κ1) is 13.6. The SMILES string of the molecule is COc1cccc(CC(O)c2cc(Br)c(C)s2)c1. The van der Waals surface area contributed by atoms with E-state index < -0.39 is 6.10 Å². The molecule has 1 unspecified atom stereocenters. The molecule has 0 fully saturated rings. The molecule has 0 amide bonds. The minimum absolute atomic E-state index is 0.466. The van der Waals surface area contributed by atoms with E-state index in [4.69, 9.17) is 4.74 Å². The summed E-state index contributed by atoms with van der Waals surface area (Å²) in [5.41, 5.74) is 1.07. The predicted octanol–water partition coefficient (Wildman–Crippen LogP) is 4.10. The van der Waals surface area contributed by atoms with Crippen molar-refractivity contribution in [1.82, 2.24) is 0 Å². The van der Waals surface area contributed by atoms with E-state index in [0.717, 1.165) is 20.7 Å². The molecule has 0 radical (unpaired) electrons. The first-order valence-electron chi connectivity index (χ1n) is 5.67. The molecule has 1 aromatic heterocycles. The number of halogens is 1. The lowest BCUT2D eigenvalue weighted by atomic mass is 10.1. The standard InChI is InChI=1S/C14H15BrO2S/c1-9-12(15)8-14(18-9)13(16)7-10-4-3-5-11(6-10)17-2/h3-6,8,13,16H,7H2,1-2H3. The number of hydrogen-bond donors (Lipinski definition) is 1. The minimum atomic E-state index is -0.466. The summed E-state index contributed by atoms with van der Waals surface area (Å²) in [6.45, 7) is 2.04. The van der Waals surface area contributed by atoms with Crippen LogP contribution in [-0.4, -0.2) is 12.2 Å². The summed E-state index contributed by atoms with van der Waals surface area (Å²) in [5, 5.41) is 10.2. The number of thiophene rings is 1. The van der Waals surface area contributed by atoms with Crippen LogP contribution >= 0.6 is 27.3 Å². The highest BCUT2D eigenvalue weighted by Crippen LogP contribution is 2.32. The lowest BCUT2D eigenvalue weighted by molar-refractivity contribution is 0.182. The van der Waals surface area contributed by atoms with Gasteiger partial charge in [0.2, 0.25) is 0 Å². The van der Waals surface area contributed by atoms with Gasteiger partial charge in [-0.2, -0.15) is 0 Å². The average Bonchev–Trinajstić information content (AvgIpc) is 2.70. The molecule has 2 aromatic rings. The van der Waals surface area contributed by atoms with Crippen molar-refractivity contribution in [3.8, 4) is 5.75 Å². The van der Waals surface area contributed by atoms with Crippen LogP contribution in [0.5, 0.6) is 5.75 Å². The normalized spacial score (nSPS) is 12.4. The molecule has 2 rings (SSSR count). The summed E-state index contributed by atoms with van der Waals surface area (Å²) < 4.78 is 6.24. The van der Waals surface area contributed by atoms with Crippen LogP contribution in [0, 0.1) is 6.92 Å². The summed E-state index contributed by atoms with van der Waals surface area (Å²) in [7, 11) is 1.65. The van der Waals surface area contributed by atoms with Crippen LogP contribution in [0.2, 0.25) is 0 Å². The second kappa shape index (κ2) is 5.87. The number of aliphatic hydroxyl groups is 1. The highest BCUT2D eigenvalue weighted by Gasteiger charge is 2.13. The van der Waals surface area contributed by atoms with Gasteiger partial charge in [0.1, 0.15) is 5.75 Å². The fourth-order valence-electron chi connectivity index (χ4n) is 1.77. The number of hydrogen-bond acceptors (Lipinski definition) is 3. The van der Waals surface area contributed by atoms with Crippen molar-refractivity contribution in [3.63, 3.8) is 0 Å². The quantitative estimate of drug-likeness (QED) is 0.916. The summed E-state index contributed by atoms with van der Waals surface area (Å²) in [4.78, 5) is 2.18. The molecule has 0 bridgehead atoms. The zero-order valence-corrected chi connectivity index (χ0v) is 12.7. The van der Waals surface area contributed by atoms with Crippen molar-refractivity contribution in [1.29, 1.82) is 0 Å². The van der Waals surface area contributed by atoms with Gasteiger partial charge >= 0.3 is 0 Å². The molecule has 0 saturated heterocycles. The Morgan fingerprint density at radius 1 is 1.39 bits per heavy atom. The Balaban J connectivity index is 2.13. The molecule has 1 atom stereocenters. The number of benzene rings is 1. The lowest BCUT2D eigenvalue weighted by Crippen LogP contribution is -1.99. The Morgan fingerprint density at radius 2 is 2.17 bits per heavy atom. The molecule has 1 N–H and O–H groups in total. The molecule has 4 heteroatoms. The van der Waals surface area contributed by atoms with Gasteiger partial charge in [-0.1, -0.05) is 12.1 Å².